The van der Waals surface area contributed by atoms with Gasteiger partial charge in [0.1, 0.15) is 0 Å². The van der Waals surface area contributed by atoms with Gasteiger partial charge in [-0.25, -0.2) is 14.5 Å². The van der Waals surface area contributed by atoms with E-state index in [2.05, 4.69) is 19.0 Å². The lowest BCUT2D eigenvalue weighted by molar-refractivity contribution is 0.236. The summed E-state index contributed by atoms with van der Waals surface area (Å²) in [5, 5.41) is 0. The van der Waals surface area contributed by atoms with Crippen molar-refractivity contribution in [3.63, 3.8) is 0 Å². The van der Waals surface area contributed by atoms with E-state index in [9.17, 15) is 4.57 Å². The van der Waals surface area contributed by atoms with E-state index in [1.54, 1.807) is 6.07 Å². The average molecular weight is 190 g/mol. The molecule has 0 spiro atoms. The summed E-state index contributed by atoms with van der Waals surface area (Å²) in [5.41, 5.74) is 0. The summed E-state index contributed by atoms with van der Waals surface area (Å²) in [6.07, 6.45) is 2.77. The maximum atomic E-state index is 10.8. The molecule has 7 heteroatoms. The van der Waals surface area contributed by atoms with Crippen molar-refractivity contribution < 1.29 is 18.5 Å². The molecule has 0 saturated carbocycles. The van der Waals surface area contributed by atoms with Crippen LogP contribution >= 0.6 is 7.82 Å². The van der Waals surface area contributed by atoms with Crippen molar-refractivity contribution in [1.29, 1.82) is 0 Å². The van der Waals surface area contributed by atoms with Crippen LogP contribution in [0.2, 0.25) is 0 Å². The first-order valence-corrected chi connectivity index (χ1v) is 4.49. The topological polar surface area (TPSA) is 81.5 Å². The van der Waals surface area contributed by atoms with Crippen molar-refractivity contribution in [1.82, 2.24) is 9.97 Å². The van der Waals surface area contributed by atoms with E-state index in [4.69, 9.17) is 4.89 Å². The van der Waals surface area contributed by atoms with Gasteiger partial charge in [0.05, 0.1) is 0 Å². The molecule has 1 unspecified atom stereocenters. The number of hydrogen-bond acceptors (Lipinski definition) is 5. The summed E-state index contributed by atoms with van der Waals surface area (Å²) in [6.45, 7) is 0. The molecule has 0 bridgehead atoms. The molecule has 0 amide bonds. The molecule has 1 atom stereocenters. The molecule has 1 N–H and O–H groups in total. The van der Waals surface area contributed by atoms with Crippen LogP contribution in [-0.2, 0) is 9.09 Å². The molecule has 66 valence electrons. The molecule has 1 rings (SSSR count). The minimum absolute atomic E-state index is 0.190. The highest BCUT2D eigenvalue weighted by Gasteiger charge is 2.21. The number of aromatic nitrogens is 2. The monoisotopic (exact) mass is 190 g/mol. The zero-order valence-electron chi connectivity index (χ0n) is 6.25. The Balaban J connectivity index is 2.71. The first-order chi connectivity index (χ1) is 5.64. The molecule has 0 radical (unpaired) electrons. The van der Waals surface area contributed by atoms with Crippen molar-refractivity contribution in [2.45, 2.75) is 0 Å². The van der Waals surface area contributed by atoms with Gasteiger partial charge in [0.15, 0.2) is 0 Å². The first-order valence-electron chi connectivity index (χ1n) is 2.99. The Morgan fingerprint density at radius 3 is 2.58 bits per heavy atom. The lowest BCUT2D eigenvalue weighted by atomic mass is 10.7. The second-order valence-corrected chi connectivity index (χ2v) is 3.26. The second kappa shape index (κ2) is 3.62. The molecular weight excluding hydrogens is 183 g/mol. The van der Waals surface area contributed by atoms with Crippen molar-refractivity contribution in [3.8, 4) is 6.01 Å². The van der Waals surface area contributed by atoms with Crippen LogP contribution < -0.4 is 4.52 Å². The van der Waals surface area contributed by atoms with Crippen molar-refractivity contribution in [2.24, 2.45) is 0 Å². The van der Waals surface area contributed by atoms with Gasteiger partial charge < -0.3 is 4.52 Å². The number of rotatable bonds is 3. The van der Waals surface area contributed by atoms with Gasteiger partial charge in [-0.15, -0.1) is 0 Å². The quantitative estimate of drug-likeness (QED) is 0.703. The van der Waals surface area contributed by atoms with E-state index < -0.39 is 7.82 Å². The smallest absolute Gasteiger partial charge is 0.368 e. The fourth-order valence-corrected chi connectivity index (χ4v) is 0.848. The molecule has 1 heterocycles. The van der Waals surface area contributed by atoms with Crippen LogP contribution in [0.1, 0.15) is 0 Å². The largest absolute Gasteiger partial charge is 0.529 e. The number of nitrogens with zero attached hydrogens (tertiary/aromatic N) is 2. The van der Waals surface area contributed by atoms with E-state index in [1.165, 1.54) is 12.4 Å². The zero-order valence-corrected chi connectivity index (χ0v) is 7.14. The SMILES string of the molecule is COP(=O)(O)Oc1ncccn1. The lowest BCUT2D eigenvalue weighted by Gasteiger charge is -2.06. The van der Waals surface area contributed by atoms with Crippen LogP contribution in [0.15, 0.2) is 18.5 Å². The van der Waals surface area contributed by atoms with E-state index >= 15 is 0 Å². The molecule has 12 heavy (non-hydrogen) atoms. The third-order valence-corrected chi connectivity index (χ3v) is 1.83. The number of hydrogen-bond donors (Lipinski definition) is 1. The predicted octanol–water partition coefficient (Wildman–Crippen LogP) is 0.602. The number of phosphoric ester groups is 1. The van der Waals surface area contributed by atoms with Gasteiger partial charge in [0, 0.05) is 19.5 Å². The van der Waals surface area contributed by atoms with Crippen molar-refractivity contribution >= 4 is 7.82 Å². The van der Waals surface area contributed by atoms with Crippen molar-refractivity contribution in [2.75, 3.05) is 7.11 Å². The lowest BCUT2D eigenvalue weighted by Crippen LogP contribution is -1.96. The predicted molar refractivity (Wildman–Crippen MR) is 39.5 cm³/mol. The Hall–Kier alpha value is -0.970. The first kappa shape index (κ1) is 9.12. The normalized spacial score (nSPS) is 15.2. The van der Waals surface area contributed by atoms with Gasteiger partial charge in [0.2, 0.25) is 0 Å². The van der Waals surface area contributed by atoms with Gasteiger partial charge in [-0.05, 0) is 6.07 Å². The van der Waals surface area contributed by atoms with E-state index in [1.807, 2.05) is 0 Å². The molecule has 0 aliphatic heterocycles. The standard InChI is InChI=1S/C5H7N2O4P/c1-10-12(8,9)11-5-6-3-2-4-7-5/h2-4H,1H3,(H,8,9). The van der Waals surface area contributed by atoms with Crippen molar-refractivity contribution in [3.05, 3.63) is 18.5 Å². The molecule has 0 saturated heterocycles. The van der Waals surface area contributed by atoms with Crippen LogP contribution in [0.3, 0.4) is 0 Å². The Labute approximate surface area is 68.8 Å². The molecular formula is C5H7N2O4P. The van der Waals surface area contributed by atoms with E-state index in [0.717, 1.165) is 7.11 Å². The van der Waals surface area contributed by atoms with E-state index in [-0.39, 0.29) is 6.01 Å². The zero-order chi connectivity index (χ0) is 9.03. The Kier molecular flexibility index (Phi) is 2.75. The fourth-order valence-electron chi connectivity index (χ4n) is 0.473. The highest BCUT2D eigenvalue weighted by molar-refractivity contribution is 7.47. The summed E-state index contributed by atoms with van der Waals surface area (Å²) in [5.74, 6) is 0. The van der Waals surface area contributed by atoms with Gasteiger partial charge >= 0.3 is 13.8 Å². The fraction of sp³-hybridized carbons (Fsp3) is 0.200. The molecule has 0 aliphatic carbocycles. The third-order valence-electron chi connectivity index (χ3n) is 0.970. The van der Waals surface area contributed by atoms with Crippen LogP contribution in [0.5, 0.6) is 6.01 Å². The average Bonchev–Trinajstić information content (AvgIpc) is 2.06. The van der Waals surface area contributed by atoms with Crippen LogP contribution in [-0.4, -0.2) is 22.0 Å². The van der Waals surface area contributed by atoms with E-state index in [0.29, 0.717) is 0 Å². The second-order valence-electron chi connectivity index (χ2n) is 1.77. The van der Waals surface area contributed by atoms with Gasteiger partial charge in [-0.2, -0.15) is 0 Å². The summed E-state index contributed by atoms with van der Waals surface area (Å²) >= 11 is 0. The molecule has 1 aromatic rings. The maximum Gasteiger partial charge on any atom is 0.529 e. The van der Waals surface area contributed by atoms with Crippen LogP contribution in [0.25, 0.3) is 0 Å². The molecule has 0 aliphatic rings. The molecule has 0 fully saturated rings. The molecule has 0 aromatic carbocycles. The highest BCUT2D eigenvalue weighted by Crippen LogP contribution is 2.40. The summed E-state index contributed by atoms with van der Waals surface area (Å²) < 4.78 is 19.4. The van der Waals surface area contributed by atoms with Gasteiger partial charge in [-0.3, -0.25) is 9.42 Å². The summed E-state index contributed by atoms with van der Waals surface area (Å²) in [6, 6.07) is 1.37. The number of phosphoric acid groups is 1. The minimum Gasteiger partial charge on any atom is -0.368 e. The maximum absolute atomic E-state index is 10.8. The Bertz CT molecular complexity index is 291. The third kappa shape index (κ3) is 2.58. The Morgan fingerprint density at radius 2 is 2.08 bits per heavy atom. The summed E-state index contributed by atoms with van der Waals surface area (Å²) in [7, 11) is -2.96. The van der Waals surface area contributed by atoms with Gasteiger partial charge in [0.25, 0.3) is 0 Å². The van der Waals surface area contributed by atoms with Crippen LogP contribution in [0, 0.1) is 0 Å². The van der Waals surface area contributed by atoms with Crippen LogP contribution in [0.4, 0.5) is 0 Å². The van der Waals surface area contributed by atoms with Gasteiger partial charge in [-0.1, -0.05) is 0 Å². The molecule has 6 nitrogen and oxygen atoms in total. The minimum atomic E-state index is -4.02. The summed E-state index contributed by atoms with van der Waals surface area (Å²) in [4.78, 5) is 15.9. The highest BCUT2D eigenvalue weighted by atomic mass is 31.2. The molecule has 1 aromatic heterocycles. The Morgan fingerprint density at radius 1 is 1.50 bits per heavy atom.